The lowest BCUT2D eigenvalue weighted by Crippen LogP contribution is -1.96. The fourth-order valence-electron chi connectivity index (χ4n) is 16.6. The molecular weight excluding hydrogens is 1390 g/mol. The summed E-state index contributed by atoms with van der Waals surface area (Å²) in [5.74, 6) is 0.659. The van der Waals surface area contributed by atoms with Crippen molar-refractivity contribution in [1.82, 2.24) is 48.2 Å². The van der Waals surface area contributed by atoms with Crippen molar-refractivity contribution < 1.29 is 0 Å². The van der Waals surface area contributed by atoms with Crippen molar-refractivity contribution in [3.8, 4) is 157 Å². The number of hydrogen-bond acceptors (Lipinski definition) is 6. The van der Waals surface area contributed by atoms with E-state index in [-0.39, 0.29) is 0 Å². The van der Waals surface area contributed by atoms with Gasteiger partial charge in [-0.3, -0.25) is 18.3 Å². The van der Waals surface area contributed by atoms with Gasteiger partial charge in [0, 0.05) is 40.7 Å². The van der Waals surface area contributed by atoms with Crippen LogP contribution in [0.25, 0.3) is 201 Å². The summed E-state index contributed by atoms with van der Waals surface area (Å²) in [6.45, 7) is 0. The van der Waals surface area contributed by atoms with Gasteiger partial charge in [-0.2, -0.15) is 0 Å². The lowest BCUT2D eigenvalue weighted by molar-refractivity contribution is 1.09. The van der Waals surface area contributed by atoms with E-state index >= 15 is 0 Å². The standard InChI is InChI=1S/C104H68N10/c1-5-23-89(85(19-1)69-41-49-81(50-42-69)111-65-107-95-29-9-13-33-99(95)111)75-59-76(90-24-6-2-20-86(90)70-43-51-82(52-44-70)112-66-108-96-30-10-14-34-100(96)112)62-79(61-75)93-27-17-28-94(103(93)73-37-39-74(40-38-73)104-105-57-18-58-106-104)80-63-77(91-25-7-3-21-87(91)71-45-53-83(54-46-71)113-67-109-97-31-11-15-35-101(97)113)60-78(64-80)92-26-8-4-22-88(92)72-47-55-84(56-48-72)114-68-110-98-32-12-16-36-102(98)114/h1-68H. The van der Waals surface area contributed by atoms with Crippen LogP contribution >= 0.6 is 0 Å². The van der Waals surface area contributed by atoms with E-state index in [0.717, 1.165) is 195 Å². The largest absolute Gasteiger partial charge is 0.299 e. The van der Waals surface area contributed by atoms with Gasteiger partial charge < -0.3 is 0 Å². The molecule has 0 amide bonds. The van der Waals surface area contributed by atoms with Gasteiger partial charge in [-0.15, -0.1) is 0 Å². The van der Waals surface area contributed by atoms with Gasteiger partial charge in [-0.25, -0.2) is 29.9 Å². The minimum atomic E-state index is 0.659. The Hall–Kier alpha value is -15.5. The Kier molecular flexibility index (Phi) is 16.7. The van der Waals surface area contributed by atoms with Crippen LogP contribution in [0.3, 0.4) is 0 Å². The number of para-hydroxylation sites is 8. The van der Waals surface area contributed by atoms with E-state index in [1.165, 1.54) is 0 Å². The summed E-state index contributed by atoms with van der Waals surface area (Å²) in [5.41, 5.74) is 37.0. The molecule has 10 heteroatoms. The van der Waals surface area contributed by atoms with Crippen molar-refractivity contribution in [3.05, 3.63) is 414 Å². The van der Waals surface area contributed by atoms with E-state index in [2.05, 4.69) is 364 Å². The van der Waals surface area contributed by atoms with Gasteiger partial charge in [0.2, 0.25) is 0 Å². The van der Waals surface area contributed by atoms with Crippen molar-refractivity contribution in [2.24, 2.45) is 0 Å². The zero-order chi connectivity index (χ0) is 75.4. The Morgan fingerprint density at radius 3 is 0.658 bits per heavy atom. The predicted octanol–water partition coefficient (Wildman–Crippen LogP) is 25.8. The topological polar surface area (TPSA) is 97.1 Å². The lowest BCUT2D eigenvalue weighted by atomic mass is 9.82. The molecule has 0 saturated heterocycles. The Balaban J connectivity index is 0.769. The van der Waals surface area contributed by atoms with Crippen molar-refractivity contribution >= 4 is 44.1 Å². The summed E-state index contributed by atoms with van der Waals surface area (Å²) in [6.07, 6.45) is 11.3. The number of rotatable bonds is 16. The first-order chi connectivity index (χ1) is 56.5. The Bertz CT molecular complexity index is 6450. The van der Waals surface area contributed by atoms with E-state index in [1.807, 2.05) is 55.6 Å². The molecule has 0 N–H and O–H groups in total. The smallest absolute Gasteiger partial charge is 0.159 e. The van der Waals surface area contributed by atoms with Crippen molar-refractivity contribution in [2.45, 2.75) is 0 Å². The SMILES string of the molecule is c1cnc(-c2ccc(-c3c(-c4cc(-c5ccccc5-c5ccc(-n6cnc7ccccc76)cc5)cc(-c5ccccc5-c5ccc(-n6cnc7ccccc76)cc5)c4)cccc3-c3cc(-c4ccccc4-c4ccc(-n5cnc6ccccc65)cc4)cc(-c4ccccc4-c4ccc(-n5cnc6ccccc65)cc4)c3)cc2)nc1. The van der Waals surface area contributed by atoms with Crippen molar-refractivity contribution in [2.75, 3.05) is 0 Å². The van der Waals surface area contributed by atoms with Crippen LogP contribution < -0.4 is 0 Å². The summed E-state index contributed by atoms with van der Waals surface area (Å²) in [4.78, 5) is 28.5. The molecule has 534 valence electrons. The molecule has 21 aromatic rings. The van der Waals surface area contributed by atoms with Gasteiger partial charge in [0.1, 0.15) is 25.3 Å². The third kappa shape index (κ3) is 12.2. The molecule has 10 nitrogen and oxygen atoms in total. The second kappa shape index (κ2) is 28.5. The molecule has 0 aliphatic heterocycles. The first-order valence-corrected chi connectivity index (χ1v) is 38.3. The fraction of sp³-hybridized carbons (Fsp3) is 0. The third-order valence-electron chi connectivity index (χ3n) is 22.1. The molecule has 0 bridgehead atoms. The predicted molar refractivity (Wildman–Crippen MR) is 466 cm³/mol. The highest BCUT2D eigenvalue weighted by molar-refractivity contribution is 6.01. The van der Waals surface area contributed by atoms with Crippen LogP contribution in [0.1, 0.15) is 0 Å². The summed E-state index contributed by atoms with van der Waals surface area (Å²) < 4.78 is 8.63. The molecule has 5 heterocycles. The molecule has 0 aliphatic rings. The lowest BCUT2D eigenvalue weighted by Gasteiger charge is -2.21. The molecule has 0 radical (unpaired) electrons. The van der Waals surface area contributed by atoms with Crippen LogP contribution in [0.4, 0.5) is 0 Å². The maximum absolute atomic E-state index is 4.75. The molecule has 0 atom stereocenters. The molecule has 0 fully saturated rings. The summed E-state index contributed by atoms with van der Waals surface area (Å²) >= 11 is 0. The number of hydrogen-bond donors (Lipinski definition) is 0. The number of imidazole rings is 4. The van der Waals surface area contributed by atoms with E-state index in [9.17, 15) is 0 Å². The Morgan fingerprint density at radius 1 is 0.158 bits per heavy atom. The van der Waals surface area contributed by atoms with Crippen LogP contribution in [0.2, 0.25) is 0 Å². The van der Waals surface area contributed by atoms with Crippen molar-refractivity contribution in [1.29, 1.82) is 0 Å². The highest BCUT2D eigenvalue weighted by Crippen LogP contribution is 2.49. The van der Waals surface area contributed by atoms with Gasteiger partial charge in [-0.1, -0.05) is 237 Å². The molecule has 114 heavy (non-hydrogen) atoms. The minimum absolute atomic E-state index is 0.659. The van der Waals surface area contributed by atoms with Gasteiger partial charge in [-0.05, 0) is 262 Å². The molecule has 0 aliphatic carbocycles. The summed E-state index contributed by atoms with van der Waals surface area (Å²) in [5, 5.41) is 0. The van der Waals surface area contributed by atoms with Gasteiger partial charge in [0.05, 0.1) is 44.1 Å². The van der Waals surface area contributed by atoms with E-state index < -0.39 is 0 Å². The van der Waals surface area contributed by atoms with Crippen LogP contribution in [-0.2, 0) is 0 Å². The van der Waals surface area contributed by atoms with Gasteiger partial charge in [0.25, 0.3) is 0 Å². The Labute approximate surface area is 658 Å². The quantitative estimate of drug-likeness (QED) is 0.0956. The summed E-state index contributed by atoms with van der Waals surface area (Å²) in [6, 6.07) is 136. The maximum Gasteiger partial charge on any atom is 0.159 e. The fourth-order valence-corrected chi connectivity index (χ4v) is 16.6. The van der Waals surface area contributed by atoms with Crippen LogP contribution in [0.5, 0.6) is 0 Å². The number of aromatic nitrogens is 10. The van der Waals surface area contributed by atoms with E-state index in [4.69, 9.17) is 29.9 Å². The first-order valence-electron chi connectivity index (χ1n) is 38.3. The second-order valence-electron chi connectivity index (χ2n) is 28.8. The Morgan fingerprint density at radius 2 is 0.377 bits per heavy atom. The molecule has 0 saturated carbocycles. The van der Waals surface area contributed by atoms with E-state index in [1.54, 1.807) is 12.4 Å². The molecule has 5 aromatic heterocycles. The van der Waals surface area contributed by atoms with E-state index in [0.29, 0.717) is 5.82 Å². The highest BCUT2D eigenvalue weighted by atomic mass is 15.1. The number of benzene rings is 16. The highest BCUT2D eigenvalue weighted by Gasteiger charge is 2.23. The first kappa shape index (κ1) is 66.7. The second-order valence-corrected chi connectivity index (χ2v) is 28.8. The third-order valence-corrected chi connectivity index (χ3v) is 22.1. The van der Waals surface area contributed by atoms with Crippen LogP contribution in [0, 0.1) is 0 Å². The molecule has 21 rings (SSSR count). The zero-order valence-electron chi connectivity index (χ0n) is 61.7. The maximum atomic E-state index is 4.75. The normalized spacial score (nSPS) is 11.5. The molecule has 0 unspecified atom stereocenters. The zero-order valence-corrected chi connectivity index (χ0v) is 61.7. The average Bonchev–Trinajstić information content (AvgIpc) is 1.09. The molecular formula is C104H68N10. The minimum Gasteiger partial charge on any atom is -0.299 e. The van der Waals surface area contributed by atoms with Crippen LogP contribution in [-0.4, -0.2) is 48.2 Å². The van der Waals surface area contributed by atoms with Gasteiger partial charge >= 0.3 is 0 Å². The average molecular weight is 1460 g/mol. The molecule has 16 aromatic carbocycles. The van der Waals surface area contributed by atoms with Gasteiger partial charge in [0.15, 0.2) is 5.82 Å². The van der Waals surface area contributed by atoms with Crippen LogP contribution in [0.15, 0.2) is 414 Å². The monoisotopic (exact) mass is 1460 g/mol. The number of fused-ring (bicyclic) bond motifs is 4. The number of nitrogens with zero attached hydrogens (tertiary/aromatic N) is 10. The van der Waals surface area contributed by atoms with Crippen molar-refractivity contribution in [3.63, 3.8) is 0 Å². The summed E-state index contributed by atoms with van der Waals surface area (Å²) in [7, 11) is 0. The molecule has 0 spiro atoms.